The first-order chi connectivity index (χ1) is 8.78. The fraction of sp³-hybridized carbons (Fsp3) is 0.667. The maximum absolute atomic E-state index is 5.99. The van der Waals surface area contributed by atoms with Crippen LogP contribution in [0, 0.1) is 0 Å². The van der Waals surface area contributed by atoms with Crippen molar-refractivity contribution in [2.45, 2.75) is 57.9 Å². The van der Waals surface area contributed by atoms with Gasteiger partial charge in [0.1, 0.15) is 5.82 Å². The van der Waals surface area contributed by atoms with Crippen LogP contribution in [0.1, 0.15) is 50.8 Å². The monoisotopic (exact) mass is 266 g/mol. The second-order valence-corrected chi connectivity index (χ2v) is 5.36. The smallest absolute Gasteiger partial charge is 0.129 e. The number of unbranched alkanes of at least 4 members (excludes halogenated alkanes) is 1. The summed E-state index contributed by atoms with van der Waals surface area (Å²) in [5.74, 6) is 1.72. The zero-order chi connectivity index (χ0) is 13.0. The van der Waals surface area contributed by atoms with Gasteiger partial charge in [0.15, 0.2) is 0 Å². The van der Waals surface area contributed by atoms with Crippen LogP contribution in [0.5, 0.6) is 0 Å². The van der Waals surface area contributed by atoms with E-state index < -0.39 is 0 Å². The Hall–Kier alpha value is -0.760. The number of hydrogen-bond donors (Lipinski definition) is 0. The lowest BCUT2D eigenvalue weighted by atomic mass is 10.2. The molecule has 0 bridgehead atoms. The zero-order valence-corrected chi connectivity index (χ0v) is 12.2. The number of anilines is 1. The summed E-state index contributed by atoms with van der Waals surface area (Å²) in [5, 5.41) is 0. The van der Waals surface area contributed by atoms with Gasteiger partial charge < -0.3 is 4.90 Å². The molecule has 2 rings (SSSR count). The van der Waals surface area contributed by atoms with E-state index in [0.717, 1.165) is 30.5 Å². The number of aryl methyl sites for hydroxylation is 1. The predicted molar refractivity (Wildman–Crippen MR) is 78.4 cm³/mol. The Morgan fingerprint density at radius 2 is 2.11 bits per heavy atom. The molecule has 1 aliphatic carbocycles. The van der Waals surface area contributed by atoms with Crippen LogP contribution >= 0.6 is 11.6 Å². The van der Waals surface area contributed by atoms with Gasteiger partial charge in [-0.1, -0.05) is 20.3 Å². The SMILES string of the molecule is CCCCN(c1cc(CCl)cc(CC)n1)C1CC1. The van der Waals surface area contributed by atoms with Gasteiger partial charge in [-0.2, -0.15) is 0 Å². The molecule has 1 aromatic rings. The van der Waals surface area contributed by atoms with Crippen molar-refractivity contribution in [2.75, 3.05) is 11.4 Å². The summed E-state index contributed by atoms with van der Waals surface area (Å²) < 4.78 is 0. The highest BCUT2D eigenvalue weighted by Crippen LogP contribution is 2.31. The number of alkyl halides is 1. The van der Waals surface area contributed by atoms with E-state index in [4.69, 9.17) is 16.6 Å². The van der Waals surface area contributed by atoms with Crippen LogP contribution in [0.4, 0.5) is 5.82 Å². The minimum atomic E-state index is 0.578. The Morgan fingerprint density at radius 1 is 1.33 bits per heavy atom. The van der Waals surface area contributed by atoms with Gasteiger partial charge >= 0.3 is 0 Å². The van der Waals surface area contributed by atoms with Crippen molar-refractivity contribution < 1.29 is 0 Å². The van der Waals surface area contributed by atoms with Gasteiger partial charge in [0.05, 0.1) is 0 Å². The number of aromatic nitrogens is 1. The van der Waals surface area contributed by atoms with Gasteiger partial charge in [-0.3, -0.25) is 0 Å². The molecule has 0 aromatic carbocycles. The van der Waals surface area contributed by atoms with Gasteiger partial charge in [-0.25, -0.2) is 4.98 Å². The zero-order valence-electron chi connectivity index (χ0n) is 11.5. The van der Waals surface area contributed by atoms with E-state index >= 15 is 0 Å². The van der Waals surface area contributed by atoms with Crippen LogP contribution < -0.4 is 4.90 Å². The first-order valence-corrected chi connectivity index (χ1v) is 7.64. The predicted octanol–water partition coefficient (Wildman–Crippen LogP) is 4.15. The number of nitrogens with zero attached hydrogens (tertiary/aromatic N) is 2. The Balaban J connectivity index is 2.22. The van der Waals surface area contributed by atoms with Crippen molar-refractivity contribution in [3.63, 3.8) is 0 Å². The van der Waals surface area contributed by atoms with Gasteiger partial charge in [-0.05, 0) is 43.4 Å². The fourth-order valence-corrected chi connectivity index (χ4v) is 2.39. The summed E-state index contributed by atoms with van der Waals surface area (Å²) in [6, 6.07) is 5.01. The van der Waals surface area contributed by atoms with Crippen LogP contribution in [0.15, 0.2) is 12.1 Å². The molecule has 0 atom stereocenters. The second kappa shape index (κ2) is 6.42. The number of rotatable bonds is 7. The topological polar surface area (TPSA) is 16.1 Å². The molecule has 1 heterocycles. The van der Waals surface area contributed by atoms with Crippen LogP contribution in [0.25, 0.3) is 0 Å². The third kappa shape index (κ3) is 3.38. The van der Waals surface area contributed by atoms with E-state index in [1.165, 1.54) is 31.2 Å². The van der Waals surface area contributed by atoms with E-state index in [1.54, 1.807) is 0 Å². The van der Waals surface area contributed by atoms with Crippen molar-refractivity contribution >= 4 is 17.4 Å². The van der Waals surface area contributed by atoms with Crippen molar-refractivity contribution in [1.29, 1.82) is 0 Å². The molecule has 0 saturated heterocycles. The van der Waals surface area contributed by atoms with Gasteiger partial charge in [-0.15, -0.1) is 11.6 Å². The largest absolute Gasteiger partial charge is 0.354 e. The highest BCUT2D eigenvalue weighted by molar-refractivity contribution is 6.17. The molecule has 100 valence electrons. The average Bonchev–Trinajstić information content (AvgIpc) is 3.23. The Morgan fingerprint density at radius 3 is 2.67 bits per heavy atom. The van der Waals surface area contributed by atoms with Crippen LogP contribution in [-0.2, 0) is 12.3 Å². The molecule has 3 heteroatoms. The Bertz CT molecular complexity index is 366. The van der Waals surface area contributed by atoms with Crippen molar-refractivity contribution in [3.8, 4) is 0 Å². The Kier molecular flexibility index (Phi) is 4.87. The molecule has 1 saturated carbocycles. The van der Waals surface area contributed by atoms with E-state index in [-0.39, 0.29) is 0 Å². The average molecular weight is 267 g/mol. The first kappa shape index (κ1) is 13.7. The molecule has 2 nitrogen and oxygen atoms in total. The van der Waals surface area contributed by atoms with E-state index in [2.05, 4.69) is 30.9 Å². The lowest BCUT2D eigenvalue weighted by Crippen LogP contribution is -2.28. The summed E-state index contributed by atoms with van der Waals surface area (Å²) in [4.78, 5) is 7.27. The molecule has 1 aromatic heterocycles. The minimum absolute atomic E-state index is 0.578. The maximum Gasteiger partial charge on any atom is 0.129 e. The van der Waals surface area contributed by atoms with E-state index in [1.807, 2.05) is 0 Å². The molecule has 0 spiro atoms. The highest BCUT2D eigenvalue weighted by atomic mass is 35.5. The molecule has 0 unspecified atom stereocenters. The number of halogens is 1. The highest BCUT2D eigenvalue weighted by Gasteiger charge is 2.29. The standard InChI is InChI=1S/C15H23ClN2/c1-3-5-8-18(14-6-7-14)15-10-12(11-16)9-13(4-2)17-15/h9-10,14H,3-8,11H2,1-2H3. The normalized spacial score (nSPS) is 14.8. The van der Waals surface area contributed by atoms with Gasteiger partial charge in [0, 0.05) is 24.2 Å². The summed E-state index contributed by atoms with van der Waals surface area (Å²) in [6.07, 6.45) is 6.09. The van der Waals surface area contributed by atoms with Gasteiger partial charge in [0.2, 0.25) is 0 Å². The first-order valence-electron chi connectivity index (χ1n) is 7.11. The summed E-state index contributed by atoms with van der Waals surface area (Å²) in [5.41, 5.74) is 2.35. The second-order valence-electron chi connectivity index (χ2n) is 5.09. The fourth-order valence-electron chi connectivity index (χ4n) is 2.24. The van der Waals surface area contributed by atoms with Crippen molar-refractivity contribution in [1.82, 2.24) is 4.98 Å². The Labute approximate surface area is 115 Å². The van der Waals surface area contributed by atoms with Crippen LogP contribution in [0.3, 0.4) is 0 Å². The quantitative estimate of drug-likeness (QED) is 0.689. The van der Waals surface area contributed by atoms with E-state index in [9.17, 15) is 0 Å². The molecule has 0 aliphatic heterocycles. The lowest BCUT2D eigenvalue weighted by Gasteiger charge is -2.24. The summed E-state index contributed by atoms with van der Waals surface area (Å²) >= 11 is 5.99. The molecule has 0 radical (unpaired) electrons. The number of hydrogen-bond acceptors (Lipinski definition) is 2. The van der Waals surface area contributed by atoms with Crippen LogP contribution in [-0.4, -0.2) is 17.6 Å². The minimum Gasteiger partial charge on any atom is -0.354 e. The van der Waals surface area contributed by atoms with Gasteiger partial charge in [0.25, 0.3) is 0 Å². The molecule has 1 aliphatic rings. The summed E-state index contributed by atoms with van der Waals surface area (Å²) in [7, 11) is 0. The third-order valence-corrected chi connectivity index (χ3v) is 3.78. The van der Waals surface area contributed by atoms with Crippen molar-refractivity contribution in [3.05, 3.63) is 23.4 Å². The molecule has 1 fully saturated rings. The molecule has 0 amide bonds. The molecular formula is C15H23ClN2. The van der Waals surface area contributed by atoms with Crippen molar-refractivity contribution in [2.24, 2.45) is 0 Å². The lowest BCUT2D eigenvalue weighted by molar-refractivity contribution is 0.702. The third-order valence-electron chi connectivity index (χ3n) is 3.48. The summed E-state index contributed by atoms with van der Waals surface area (Å²) in [6.45, 7) is 5.52. The molecule has 18 heavy (non-hydrogen) atoms. The molecular weight excluding hydrogens is 244 g/mol. The van der Waals surface area contributed by atoms with Crippen LogP contribution in [0.2, 0.25) is 0 Å². The maximum atomic E-state index is 5.99. The molecule has 0 N–H and O–H groups in total. The van der Waals surface area contributed by atoms with E-state index in [0.29, 0.717) is 5.88 Å². The number of pyridine rings is 1.